The number of aryl methyl sites for hydroxylation is 1. The van der Waals surface area contributed by atoms with Gasteiger partial charge in [0.1, 0.15) is 0 Å². The Labute approximate surface area is 103 Å². The average Bonchev–Trinajstić information content (AvgIpc) is 2.27. The normalized spacial score (nSPS) is 10.6. The van der Waals surface area contributed by atoms with Gasteiger partial charge < -0.3 is 4.90 Å². The lowest BCUT2D eigenvalue weighted by molar-refractivity contribution is -0.115. The molecule has 0 unspecified atom stereocenters. The van der Waals surface area contributed by atoms with Crippen molar-refractivity contribution in [2.24, 2.45) is 0 Å². The first-order chi connectivity index (χ1) is 7.47. The number of hydrogen-bond donors (Lipinski definition) is 1. The van der Waals surface area contributed by atoms with E-state index in [-0.39, 0.29) is 11.7 Å². The molecule has 0 fully saturated rings. The summed E-state index contributed by atoms with van der Waals surface area (Å²) < 4.78 is 0. The van der Waals surface area contributed by atoms with Gasteiger partial charge in [-0.05, 0) is 30.0 Å². The Bertz CT molecular complexity index is 388. The summed E-state index contributed by atoms with van der Waals surface area (Å²) in [7, 11) is 1.80. The Hall–Kier alpha value is -0.960. The Balaban J connectivity index is 3.11. The second-order valence-electron chi connectivity index (χ2n) is 4.31. The highest BCUT2D eigenvalue weighted by atomic mass is 32.1. The van der Waals surface area contributed by atoms with Crippen LogP contribution in [0.3, 0.4) is 0 Å². The van der Waals surface area contributed by atoms with Crippen molar-refractivity contribution in [1.29, 1.82) is 0 Å². The first-order valence-corrected chi connectivity index (χ1v) is 6.08. The average molecular weight is 237 g/mol. The predicted molar refractivity (Wildman–Crippen MR) is 72.5 cm³/mol. The first-order valence-electron chi connectivity index (χ1n) is 5.45. The number of carbonyl (C=O) groups is 1. The van der Waals surface area contributed by atoms with Crippen molar-refractivity contribution in [2.45, 2.75) is 26.7 Å². The zero-order valence-corrected chi connectivity index (χ0v) is 11.2. The molecule has 0 saturated carbocycles. The highest BCUT2D eigenvalue weighted by Gasteiger charge is 2.12. The van der Waals surface area contributed by atoms with Gasteiger partial charge in [0.2, 0.25) is 5.91 Å². The van der Waals surface area contributed by atoms with E-state index in [1.54, 1.807) is 11.9 Å². The number of hydrogen-bond acceptors (Lipinski definition) is 2. The highest BCUT2D eigenvalue weighted by Crippen LogP contribution is 2.25. The quantitative estimate of drug-likeness (QED) is 0.801. The predicted octanol–water partition coefficient (Wildman–Crippen LogP) is 3.01. The number of benzene rings is 1. The summed E-state index contributed by atoms with van der Waals surface area (Å²) >= 11 is 4.01. The van der Waals surface area contributed by atoms with Crippen LogP contribution < -0.4 is 4.90 Å². The molecule has 88 valence electrons. The van der Waals surface area contributed by atoms with Crippen LogP contribution in [0.15, 0.2) is 18.2 Å². The molecule has 0 spiro atoms. The summed E-state index contributed by atoms with van der Waals surface area (Å²) in [6.45, 7) is 6.31. The smallest absolute Gasteiger partial charge is 0.236 e. The third-order valence-corrected chi connectivity index (χ3v) is 3.04. The summed E-state index contributed by atoms with van der Waals surface area (Å²) in [6.07, 6.45) is 0. The van der Waals surface area contributed by atoms with Crippen LogP contribution in [0.4, 0.5) is 5.69 Å². The zero-order chi connectivity index (χ0) is 12.3. The van der Waals surface area contributed by atoms with Crippen molar-refractivity contribution in [2.75, 3.05) is 17.7 Å². The molecule has 2 nitrogen and oxygen atoms in total. The molecule has 0 aliphatic rings. The lowest BCUT2D eigenvalue weighted by atomic mass is 10.0. The van der Waals surface area contributed by atoms with Gasteiger partial charge in [-0.15, -0.1) is 0 Å². The minimum absolute atomic E-state index is 0.0207. The molecule has 1 aromatic carbocycles. The Morgan fingerprint density at radius 2 is 2.06 bits per heavy atom. The van der Waals surface area contributed by atoms with E-state index in [2.05, 4.69) is 44.7 Å². The van der Waals surface area contributed by atoms with Crippen molar-refractivity contribution >= 4 is 24.2 Å². The van der Waals surface area contributed by atoms with Gasteiger partial charge in [0.05, 0.1) is 5.75 Å². The van der Waals surface area contributed by atoms with E-state index in [9.17, 15) is 4.79 Å². The van der Waals surface area contributed by atoms with Crippen molar-refractivity contribution in [3.05, 3.63) is 29.3 Å². The molecule has 0 radical (unpaired) electrons. The third-order valence-electron chi connectivity index (χ3n) is 2.77. The molecule has 1 amide bonds. The van der Waals surface area contributed by atoms with Gasteiger partial charge in [0.25, 0.3) is 0 Å². The minimum atomic E-state index is 0.0207. The molecule has 3 heteroatoms. The lowest BCUT2D eigenvalue weighted by Crippen LogP contribution is -2.28. The third kappa shape index (κ3) is 2.79. The fraction of sp³-hybridized carbons (Fsp3) is 0.462. The van der Waals surface area contributed by atoms with Gasteiger partial charge in [-0.25, -0.2) is 0 Å². The van der Waals surface area contributed by atoms with E-state index in [0.29, 0.717) is 5.92 Å². The fourth-order valence-corrected chi connectivity index (χ4v) is 1.80. The molecule has 0 aromatic heterocycles. The Morgan fingerprint density at radius 3 is 2.56 bits per heavy atom. The van der Waals surface area contributed by atoms with Gasteiger partial charge in [-0.1, -0.05) is 26.0 Å². The molecule has 0 bridgehead atoms. The van der Waals surface area contributed by atoms with Crippen LogP contribution in [0.2, 0.25) is 0 Å². The van der Waals surface area contributed by atoms with E-state index in [4.69, 9.17) is 0 Å². The van der Waals surface area contributed by atoms with Gasteiger partial charge in [0.15, 0.2) is 0 Å². The Kier molecular flexibility index (Phi) is 4.42. The maximum absolute atomic E-state index is 11.6. The van der Waals surface area contributed by atoms with E-state index in [0.717, 1.165) is 11.3 Å². The molecular formula is C13H19NOS. The van der Waals surface area contributed by atoms with Gasteiger partial charge in [0, 0.05) is 12.7 Å². The van der Waals surface area contributed by atoms with Crippen LogP contribution in [0.25, 0.3) is 0 Å². The molecule has 0 saturated heterocycles. The lowest BCUT2D eigenvalue weighted by Gasteiger charge is -2.20. The van der Waals surface area contributed by atoms with Gasteiger partial charge in [-0.2, -0.15) is 12.6 Å². The van der Waals surface area contributed by atoms with E-state index in [1.807, 2.05) is 6.92 Å². The van der Waals surface area contributed by atoms with Crippen LogP contribution in [-0.2, 0) is 4.79 Å². The molecule has 0 atom stereocenters. The number of rotatable bonds is 3. The molecule has 0 aliphatic carbocycles. The highest BCUT2D eigenvalue weighted by molar-refractivity contribution is 7.81. The van der Waals surface area contributed by atoms with Gasteiger partial charge in [-0.3, -0.25) is 4.79 Å². The molecule has 0 aliphatic heterocycles. The summed E-state index contributed by atoms with van der Waals surface area (Å²) in [5.41, 5.74) is 3.34. The number of amides is 1. The van der Waals surface area contributed by atoms with E-state index >= 15 is 0 Å². The minimum Gasteiger partial charge on any atom is -0.315 e. The van der Waals surface area contributed by atoms with Crippen LogP contribution in [0.5, 0.6) is 0 Å². The zero-order valence-electron chi connectivity index (χ0n) is 10.3. The van der Waals surface area contributed by atoms with Crippen molar-refractivity contribution < 1.29 is 4.79 Å². The standard InChI is InChI=1S/C13H19NOS/c1-9(2)11-6-5-10(3)12(7-11)14(4)13(15)8-16/h5-7,9,16H,8H2,1-4H3. The van der Waals surface area contributed by atoms with Crippen molar-refractivity contribution in [1.82, 2.24) is 0 Å². The maximum atomic E-state index is 11.6. The SMILES string of the molecule is Cc1ccc(C(C)C)cc1N(C)C(=O)CS. The number of anilines is 1. The largest absolute Gasteiger partial charge is 0.315 e. The number of nitrogens with zero attached hydrogens (tertiary/aromatic N) is 1. The van der Waals surface area contributed by atoms with Crippen molar-refractivity contribution in [3.63, 3.8) is 0 Å². The van der Waals surface area contributed by atoms with Crippen LogP contribution >= 0.6 is 12.6 Å². The molecule has 1 aromatic rings. The summed E-state index contributed by atoms with van der Waals surface area (Å²) in [5, 5.41) is 0. The second kappa shape index (κ2) is 5.39. The van der Waals surface area contributed by atoms with E-state index in [1.165, 1.54) is 5.56 Å². The summed E-state index contributed by atoms with van der Waals surface area (Å²) in [5.74, 6) is 0.730. The van der Waals surface area contributed by atoms with Crippen LogP contribution in [-0.4, -0.2) is 18.7 Å². The second-order valence-corrected chi connectivity index (χ2v) is 4.63. The molecule has 0 heterocycles. The van der Waals surface area contributed by atoms with Gasteiger partial charge >= 0.3 is 0 Å². The molecule has 16 heavy (non-hydrogen) atoms. The summed E-state index contributed by atoms with van der Waals surface area (Å²) in [6, 6.07) is 6.26. The number of carbonyl (C=O) groups excluding carboxylic acids is 1. The fourth-order valence-electron chi connectivity index (χ4n) is 1.59. The monoisotopic (exact) mass is 237 g/mol. The van der Waals surface area contributed by atoms with Crippen LogP contribution in [0.1, 0.15) is 30.9 Å². The Morgan fingerprint density at radius 1 is 1.44 bits per heavy atom. The number of thiol groups is 1. The first kappa shape index (κ1) is 13.1. The maximum Gasteiger partial charge on any atom is 0.236 e. The molecule has 1 rings (SSSR count). The molecule has 0 N–H and O–H groups in total. The summed E-state index contributed by atoms with van der Waals surface area (Å²) in [4.78, 5) is 13.3. The van der Waals surface area contributed by atoms with Crippen LogP contribution in [0, 0.1) is 6.92 Å². The van der Waals surface area contributed by atoms with Crippen molar-refractivity contribution in [3.8, 4) is 0 Å². The van der Waals surface area contributed by atoms with E-state index < -0.39 is 0 Å². The molecular weight excluding hydrogens is 218 g/mol. The topological polar surface area (TPSA) is 20.3 Å².